The molecule has 0 heterocycles. The highest BCUT2D eigenvalue weighted by Crippen LogP contribution is 2.30. The van der Waals surface area contributed by atoms with Crippen LogP contribution in [0.5, 0.6) is 23.0 Å². The Balaban J connectivity index is 2.46. The monoisotopic (exact) mass is 316 g/mol. The highest BCUT2D eigenvalue weighted by atomic mass is 16.5. The van der Waals surface area contributed by atoms with Gasteiger partial charge in [0.2, 0.25) is 0 Å². The van der Waals surface area contributed by atoms with Crippen LogP contribution in [-0.4, -0.2) is 35.5 Å². The molecule has 0 aliphatic rings. The fourth-order valence-electron chi connectivity index (χ4n) is 2.09. The van der Waals surface area contributed by atoms with Crippen molar-refractivity contribution in [3.63, 3.8) is 0 Å². The van der Waals surface area contributed by atoms with E-state index >= 15 is 0 Å². The van der Waals surface area contributed by atoms with Crippen molar-refractivity contribution in [3.8, 4) is 23.0 Å². The number of phenols is 2. The van der Waals surface area contributed by atoms with Gasteiger partial charge in [-0.1, -0.05) is 18.2 Å². The number of carboxylic acid groups (broad SMARTS) is 1. The van der Waals surface area contributed by atoms with Crippen molar-refractivity contribution in [2.75, 3.05) is 14.2 Å². The van der Waals surface area contributed by atoms with Crippen molar-refractivity contribution in [3.05, 3.63) is 47.0 Å². The first-order chi connectivity index (χ1) is 11.0. The molecule has 2 aromatic rings. The number of hydrogen-bond acceptors (Lipinski definition) is 5. The Labute approximate surface area is 132 Å². The molecule has 0 fully saturated rings. The van der Waals surface area contributed by atoms with E-state index in [1.165, 1.54) is 38.5 Å². The molecule has 2 aromatic carbocycles. The molecular weight excluding hydrogens is 300 g/mol. The van der Waals surface area contributed by atoms with Gasteiger partial charge in [0.15, 0.2) is 11.5 Å². The van der Waals surface area contributed by atoms with Gasteiger partial charge in [0, 0.05) is 6.07 Å². The number of ether oxygens (including phenoxy) is 2. The third-order valence-corrected chi connectivity index (χ3v) is 3.23. The molecular formula is C17H16O6. The molecule has 0 saturated heterocycles. The van der Waals surface area contributed by atoms with E-state index in [0.29, 0.717) is 22.6 Å². The summed E-state index contributed by atoms with van der Waals surface area (Å²) in [7, 11) is 2.86. The van der Waals surface area contributed by atoms with Crippen LogP contribution >= 0.6 is 0 Å². The van der Waals surface area contributed by atoms with Crippen molar-refractivity contribution in [2.24, 2.45) is 0 Å². The van der Waals surface area contributed by atoms with Gasteiger partial charge < -0.3 is 24.8 Å². The van der Waals surface area contributed by atoms with Gasteiger partial charge in [-0.3, -0.25) is 0 Å². The van der Waals surface area contributed by atoms with Crippen molar-refractivity contribution in [1.82, 2.24) is 0 Å². The summed E-state index contributed by atoms with van der Waals surface area (Å²) in [6.45, 7) is 0. The molecule has 0 spiro atoms. The second-order valence-corrected chi connectivity index (χ2v) is 4.68. The molecule has 0 amide bonds. The average Bonchev–Trinajstić information content (AvgIpc) is 2.52. The standard InChI is InChI=1S/C17H16O6/c1-22-12-8-11(16(17(20)21)14(19)9-12)5-3-10-4-6-13(18)15(7-10)23-2/h3-9,18-19H,1-2H3,(H,20,21)/b5-3+. The Morgan fingerprint density at radius 3 is 2.35 bits per heavy atom. The minimum absolute atomic E-state index is 0.00917. The lowest BCUT2D eigenvalue weighted by Gasteiger charge is -2.08. The fourth-order valence-corrected chi connectivity index (χ4v) is 2.09. The predicted octanol–water partition coefficient (Wildman–Crippen LogP) is 2.98. The molecule has 0 aromatic heterocycles. The number of hydrogen-bond donors (Lipinski definition) is 3. The summed E-state index contributed by atoms with van der Waals surface area (Å²) in [5.41, 5.74) is 0.771. The Bertz CT molecular complexity index is 764. The summed E-state index contributed by atoms with van der Waals surface area (Å²) >= 11 is 0. The summed E-state index contributed by atoms with van der Waals surface area (Å²) in [5.74, 6) is -0.961. The van der Waals surface area contributed by atoms with Crippen LogP contribution in [-0.2, 0) is 0 Å². The molecule has 6 heteroatoms. The van der Waals surface area contributed by atoms with E-state index in [4.69, 9.17) is 9.47 Å². The summed E-state index contributed by atoms with van der Waals surface area (Å²) in [6.07, 6.45) is 3.18. The van der Waals surface area contributed by atoms with Crippen LogP contribution in [0.3, 0.4) is 0 Å². The Kier molecular flexibility index (Phi) is 4.75. The second-order valence-electron chi connectivity index (χ2n) is 4.68. The quantitative estimate of drug-likeness (QED) is 0.734. The van der Waals surface area contributed by atoms with Crippen LogP contribution in [0.1, 0.15) is 21.5 Å². The van der Waals surface area contributed by atoms with E-state index in [1.807, 2.05) is 0 Å². The zero-order chi connectivity index (χ0) is 17.0. The summed E-state index contributed by atoms with van der Waals surface area (Å²) in [5, 5.41) is 28.6. The van der Waals surface area contributed by atoms with E-state index in [1.54, 1.807) is 18.2 Å². The predicted molar refractivity (Wildman–Crippen MR) is 85.2 cm³/mol. The first-order valence-corrected chi connectivity index (χ1v) is 6.65. The van der Waals surface area contributed by atoms with Gasteiger partial charge in [0.05, 0.1) is 14.2 Å². The van der Waals surface area contributed by atoms with Gasteiger partial charge in [-0.15, -0.1) is 0 Å². The number of aromatic hydroxyl groups is 2. The van der Waals surface area contributed by atoms with Gasteiger partial charge in [-0.2, -0.15) is 0 Å². The Morgan fingerprint density at radius 2 is 1.74 bits per heavy atom. The topological polar surface area (TPSA) is 96.2 Å². The number of phenolic OH excluding ortho intramolecular Hbond substituents is 1. The lowest BCUT2D eigenvalue weighted by Crippen LogP contribution is -2.01. The van der Waals surface area contributed by atoms with Crippen molar-refractivity contribution >= 4 is 18.1 Å². The van der Waals surface area contributed by atoms with Gasteiger partial charge in [-0.05, 0) is 29.3 Å². The zero-order valence-corrected chi connectivity index (χ0v) is 12.6. The lowest BCUT2D eigenvalue weighted by atomic mass is 10.0. The molecule has 0 aliphatic heterocycles. The Morgan fingerprint density at radius 1 is 1.00 bits per heavy atom. The third kappa shape index (κ3) is 3.55. The smallest absolute Gasteiger partial charge is 0.340 e. The van der Waals surface area contributed by atoms with E-state index < -0.39 is 5.97 Å². The second kappa shape index (κ2) is 6.74. The van der Waals surface area contributed by atoms with Gasteiger partial charge in [0.25, 0.3) is 0 Å². The molecule has 23 heavy (non-hydrogen) atoms. The van der Waals surface area contributed by atoms with Crippen molar-refractivity contribution in [2.45, 2.75) is 0 Å². The first-order valence-electron chi connectivity index (χ1n) is 6.65. The normalized spacial score (nSPS) is 10.7. The van der Waals surface area contributed by atoms with Crippen LogP contribution in [0.15, 0.2) is 30.3 Å². The van der Waals surface area contributed by atoms with E-state index in [9.17, 15) is 20.1 Å². The van der Waals surface area contributed by atoms with Gasteiger partial charge in [-0.25, -0.2) is 4.79 Å². The minimum atomic E-state index is -1.24. The maximum atomic E-state index is 11.3. The number of methoxy groups -OCH3 is 2. The number of carbonyl (C=O) groups is 1. The molecule has 3 N–H and O–H groups in total. The van der Waals surface area contributed by atoms with E-state index in [-0.39, 0.29) is 17.1 Å². The molecule has 0 atom stereocenters. The SMILES string of the molecule is COc1cc(O)c(C(=O)O)c(/C=C/c2ccc(O)c(OC)c2)c1. The number of aromatic carboxylic acids is 1. The fraction of sp³-hybridized carbons (Fsp3) is 0.118. The van der Waals surface area contributed by atoms with Crippen molar-refractivity contribution in [1.29, 1.82) is 0 Å². The molecule has 0 saturated carbocycles. The van der Waals surface area contributed by atoms with E-state index in [2.05, 4.69) is 0 Å². The molecule has 0 unspecified atom stereocenters. The summed E-state index contributed by atoms with van der Waals surface area (Å²) < 4.78 is 10.1. The molecule has 0 aliphatic carbocycles. The third-order valence-electron chi connectivity index (χ3n) is 3.23. The molecule has 6 nitrogen and oxygen atoms in total. The van der Waals surface area contributed by atoms with Crippen molar-refractivity contribution < 1.29 is 29.6 Å². The van der Waals surface area contributed by atoms with Gasteiger partial charge in [0.1, 0.15) is 17.1 Å². The highest BCUT2D eigenvalue weighted by Gasteiger charge is 2.15. The first kappa shape index (κ1) is 16.2. The molecule has 2 rings (SSSR count). The Hall–Kier alpha value is -3.15. The van der Waals surface area contributed by atoms with Crippen LogP contribution in [0.4, 0.5) is 0 Å². The summed E-state index contributed by atoms with van der Waals surface area (Å²) in [4.78, 5) is 11.3. The van der Waals surface area contributed by atoms with E-state index in [0.717, 1.165) is 0 Å². The average molecular weight is 316 g/mol. The van der Waals surface area contributed by atoms with Crippen LogP contribution in [0.25, 0.3) is 12.2 Å². The highest BCUT2D eigenvalue weighted by molar-refractivity contribution is 5.96. The van der Waals surface area contributed by atoms with Gasteiger partial charge >= 0.3 is 5.97 Å². The van der Waals surface area contributed by atoms with Crippen LogP contribution < -0.4 is 9.47 Å². The maximum absolute atomic E-state index is 11.3. The molecule has 0 radical (unpaired) electrons. The lowest BCUT2D eigenvalue weighted by molar-refractivity contribution is 0.0693. The zero-order valence-electron chi connectivity index (χ0n) is 12.6. The number of carboxylic acids is 1. The minimum Gasteiger partial charge on any atom is -0.507 e. The molecule has 120 valence electrons. The number of benzene rings is 2. The van der Waals surface area contributed by atoms with Crippen LogP contribution in [0.2, 0.25) is 0 Å². The number of rotatable bonds is 5. The van der Waals surface area contributed by atoms with Crippen LogP contribution in [0, 0.1) is 0 Å². The maximum Gasteiger partial charge on any atom is 0.340 e. The summed E-state index contributed by atoms with van der Waals surface area (Å²) in [6, 6.07) is 7.47. The molecule has 0 bridgehead atoms. The largest absolute Gasteiger partial charge is 0.507 e.